The van der Waals surface area contributed by atoms with Crippen LogP contribution in [0, 0.1) is 5.41 Å². The molecule has 1 unspecified atom stereocenters. The van der Waals surface area contributed by atoms with Crippen LogP contribution >= 0.6 is 0 Å². The zero-order chi connectivity index (χ0) is 18.6. The van der Waals surface area contributed by atoms with Crippen molar-refractivity contribution in [1.82, 2.24) is 0 Å². The molecule has 4 atom stereocenters. The summed E-state index contributed by atoms with van der Waals surface area (Å²) in [7, 11) is 0. The third kappa shape index (κ3) is 3.64. The van der Waals surface area contributed by atoms with Crippen molar-refractivity contribution in [2.45, 2.75) is 56.4 Å². The van der Waals surface area contributed by atoms with E-state index in [9.17, 15) is 9.32 Å². The average Bonchev–Trinajstić information content (AvgIpc) is 2.69. The van der Waals surface area contributed by atoms with Gasteiger partial charge in [0.1, 0.15) is 0 Å². The molecule has 0 spiro atoms. The van der Waals surface area contributed by atoms with E-state index in [0.717, 1.165) is 36.8 Å². The number of unbranched alkanes of at least 4 members (excludes halogenated alkanes) is 1. The van der Waals surface area contributed by atoms with Crippen molar-refractivity contribution in [3.05, 3.63) is 65.7 Å². The second kappa shape index (κ2) is 8.47. The van der Waals surface area contributed by atoms with Gasteiger partial charge in [0.15, 0.2) is 11.1 Å². The highest BCUT2D eigenvalue weighted by molar-refractivity contribution is 7.80. The third-order valence-electron chi connectivity index (χ3n) is 5.72. The predicted molar refractivity (Wildman–Crippen MR) is 105 cm³/mol. The first-order valence-corrected chi connectivity index (χ1v) is 10.6. The molecule has 0 amide bonds. The molecule has 0 fully saturated rings. The second-order valence-electron chi connectivity index (χ2n) is 7.19. The minimum absolute atomic E-state index is 0.211. The quantitative estimate of drug-likeness (QED) is 0.818. The molecule has 0 saturated heterocycles. The molecule has 26 heavy (non-hydrogen) atoms. The van der Waals surface area contributed by atoms with Gasteiger partial charge in [-0.05, 0) is 30.0 Å². The number of hydrogen-bond donors (Lipinski definition) is 1. The van der Waals surface area contributed by atoms with E-state index in [0.29, 0.717) is 11.5 Å². The van der Waals surface area contributed by atoms with E-state index in [1.54, 1.807) is 0 Å². The van der Waals surface area contributed by atoms with Crippen LogP contribution in [-0.2, 0) is 15.3 Å². The van der Waals surface area contributed by atoms with Crippen LogP contribution in [-0.4, -0.2) is 22.0 Å². The summed E-state index contributed by atoms with van der Waals surface area (Å²) in [5.41, 5.74) is 1.55. The Kier molecular flexibility index (Phi) is 6.28. The number of rotatable bonds is 5. The van der Waals surface area contributed by atoms with Gasteiger partial charge in [0, 0.05) is 11.3 Å². The van der Waals surface area contributed by atoms with Crippen molar-refractivity contribution in [1.29, 1.82) is 0 Å². The molecule has 1 heterocycles. The van der Waals surface area contributed by atoms with Crippen LogP contribution in [0.1, 0.15) is 56.6 Å². The van der Waals surface area contributed by atoms with Crippen LogP contribution in [0.5, 0.6) is 0 Å². The van der Waals surface area contributed by atoms with E-state index in [1.165, 1.54) is 0 Å². The molecule has 0 aromatic heterocycles. The van der Waals surface area contributed by atoms with Crippen LogP contribution in [0.25, 0.3) is 0 Å². The number of aliphatic hydroxyl groups excluding tert-OH is 1. The van der Waals surface area contributed by atoms with E-state index in [1.807, 2.05) is 42.5 Å². The maximum Gasteiger partial charge on any atom is 0.189 e. The summed E-state index contributed by atoms with van der Waals surface area (Å²) in [5.74, 6) is -0.211. The summed E-state index contributed by atoms with van der Waals surface area (Å²) >= 11 is -1.52. The molecule has 0 saturated carbocycles. The van der Waals surface area contributed by atoms with Gasteiger partial charge < -0.3 is 5.11 Å². The van der Waals surface area contributed by atoms with Gasteiger partial charge >= 0.3 is 0 Å². The molecule has 0 aliphatic carbocycles. The highest BCUT2D eigenvalue weighted by atomic mass is 32.2. The molecule has 3 nitrogen and oxygen atoms in total. The van der Waals surface area contributed by atoms with Crippen LogP contribution < -0.4 is 0 Å². The fraction of sp³-hybridized carbons (Fsp3) is 0.455. The number of fused-ring (bicyclic) bond motifs is 1. The zero-order valence-corrected chi connectivity index (χ0v) is 16.4. The molecule has 0 radical (unpaired) electrons. The first-order chi connectivity index (χ1) is 12.6. The normalized spacial score (nSPS) is 28.8. The Hall–Kier alpha value is -1.49. The fourth-order valence-electron chi connectivity index (χ4n) is 3.99. The Bertz CT molecular complexity index is 746. The Balaban J connectivity index is 2.17. The van der Waals surface area contributed by atoms with Gasteiger partial charge in [-0.25, -0.2) is 4.21 Å². The third-order valence-corrected chi connectivity index (χ3v) is 6.78. The summed E-state index contributed by atoms with van der Waals surface area (Å²) < 4.78 is 18.6. The minimum Gasteiger partial charge on any atom is -0.391 e. The minimum atomic E-state index is -1.52. The Morgan fingerprint density at radius 3 is 2.50 bits per heavy atom. The Labute approximate surface area is 159 Å². The predicted octanol–water partition coefficient (Wildman–Crippen LogP) is 4.82. The van der Waals surface area contributed by atoms with Crippen LogP contribution in [0.4, 0.5) is 0 Å². The number of hydrogen-bond acceptors (Lipinski definition) is 3. The monoisotopic (exact) mass is 372 g/mol. The first kappa shape index (κ1) is 19.3. The zero-order valence-electron chi connectivity index (χ0n) is 15.6. The first-order valence-electron chi connectivity index (χ1n) is 9.50. The molecule has 1 N–H and O–H groups in total. The Morgan fingerprint density at radius 1 is 1.12 bits per heavy atom. The van der Waals surface area contributed by atoms with Crippen molar-refractivity contribution in [3.8, 4) is 0 Å². The molecule has 0 bridgehead atoms. The van der Waals surface area contributed by atoms with Crippen LogP contribution in [0.3, 0.4) is 0 Å². The lowest BCUT2D eigenvalue weighted by atomic mass is 9.68. The van der Waals surface area contributed by atoms with Crippen LogP contribution in [0.2, 0.25) is 0 Å². The standard InChI is InChI=1S/C22H28O3S/c1-3-5-15-22(4-2)16-25-26(24)19-14-10-9-13-18(19)20(21(22)23)17-11-7-6-8-12-17/h6-14,20-21,23H,3-5,15-16H2,1-2H3/t20-,21+,22-,26?/m1/s1. The largest absolute Gasteiger partial charge is 0.391 e. The summed E-state index contributed by atoms with van der Waals surface area (Å²) in [4.78, 5) is 0.667. The highest BCUT2D eigenvalue weighted by Gasteiger charge is 2.44. The van der Waals surface area contributed by atoms with Crippen LogP contribution in [0.15, 0.2) is 59.5 Å². The summed E-state index contributed by atoms with van der Waals surface area (Å²) in [6, 6.07) is 17.7. The van der Waals surface area contributed by atoms with E-state index in [2.05, 4.69) is 26.0 Å². The van der Waals surface area contributed by atoms with E-state index < -0.39 is 22.6 Å². The van der Waals surface area contributed by atoms with Crippen molar-refractivity contribution >= 4 is 11.1 Å². The summed E-state index contributed by atoms with van der Waals surface area (Å²) in [6.07, 6.45) is 3.13. The molecule has 3 rings (SSSR count). The van der Waals surface area contributed by atoms with Gasteiger partial charge in [0.2, 0.25) is 0 Å². The lowest BCUT2D eigenvalue weighted by molar-refractivity contribution is -0.0295. The fourth-order valence-corrected chi connectivity index (χ4v) is 5.04. The molecular weight excluding hydrogens is 344 g/mol. The second-order valence-corrected chi connectivity index (χ2v) is 8.33. The number of benzene rings is 2. The lowest BCUT2D eigenvalue weighted by Crippen LogP contribution is -2.44. The van der Waals surface area contributed by atoms with Crippen molar-refractivity contribution < 1.29 is 13.5 Å². The van der Waals surface area contributed by atoms with Gasteiger partial charge in [0.25, 0.3) is 0 Å². The van der Waals surface area contributed by atoms with Gasteiger partial charge in [-0.2, -0.15) is 0 Å². The van der Waals surface area contributed by atoms with Gasteiger partial charge in [-0.15, -0.1) is 0 Å². The lowest BCUT2D eigenvalue weighted by Gasteiger charge is -2.43. The van der Waals surface area contributed by atoms with Crippen molar-refractivity contribution in [2.75, 3.05) is 6.61 Å². The van der Waals surface area contributed by atoms with Gasteiger partial charge in [0.05, 0.1) is 17.6 Å². The van der Waals surface area contributed by atoms with Crippen molar-refractivity contribution in [2.24, 2.45) is 5.41 Å². The molecule has 140 valence electrons. The maximum atomic E-state index is 12.8. The van der Waals surface area contributed by atoms with Crippen molar-refractivity contribution in [3.63, 3.8) is 0 Å². The molecule has 2 aromatic carbocycles. The van der Waals surface area contributed by atoms with Gasteiger partial charge in [-0.1, -0.05) is 75.2 Å². The van der Waals surface area contributed by atoms with Gasteiger partial charge in [-0.3, -0.25) is 4.18 Å². The molecule has 1 aliphatic heterocycles. The van der Waals surface area contributed by atoms with E-state index >= 15 is 0 Å². The molecule has 2 aromatic rings. The topological polar surface area (TPSA) is 46.5 Å². The molecule has 4 heteroatoms. The molecule has 1 aliphatic rings. The SMILES string of the molecule is CCCC[C@]1(CC)COS(=O)c2ccccc2[C@@H](c2ccccc2)[C@@H]1O. The average molecular weight is 373 g/mol. The smallest absolute Gasteiger partial charge is 0.189 e. The highest BCUT2D eigenvalue weighted by Crippen LogP contribution is 2.45. The van der Waals surface area contributed by atoms with E-state index in [4.69, 9.17) is 4.18 Å². The summed E-state index contributed by atoms with van der Waals surface area (Å²) in [6.45, 7) is 4.57. The summed E-state index contributed by atoms with van der Waals surface area (Å²) in [5, 5.41) is 11.6. The Morgan fingerprint density at radius 2 is 1.81 bits per heavy atom. The maximum absolute atomic E-state index is 12.8. The van der Waals surface area contributed by atoms with E-state index in [-0.39, 0.29) is 5.92 Å². The number of aliphatic hydroxyl groups is 1. The molecular formula is C22H28O3S.